The molecule has 0 spiro atoms. The molecule has 0 unspecified atom stereocenters. The number of rotatable bonds is 1. The van der Waals surface area contributed by atoms with Crippen LogP contribution in [0.5, 0.6) is 0 Å². The second-order valence-corrected chi connectivity index (χ2v) is 7.14. The molecule has 3 aromatic rings. The number of pyridine rings is 1. The van der Waals surface area contributed by atoms with Gasteiger partial charge in [0.05, 0.1) is 0 Å². The van der Waals surface area contributed by atoms with Gasteiger partial charge in [0.2, 0.25) is 4.96 Å². The van der Waals surface area contributed by atoms with Crippen LogP contribution in [0, 0.1) is 0 Å². The molecule has 19 heavy (non-hydrogen) atoms. The quantitative estimate of drug-likeness (QED) is 0.683. The fourth-order valence-corrected chi connectivity index (χ4v) is 2.92. The molecule has 0 aromatic carbocycles. The molecule has 98 valence electrons. The van der Waals surface area contributed by atoms with Gasteiger partial charge in [-0.15, -0.1) is 10.2 Å². The van der Waals surface area contributed by atoms with Gasteiger partial charge in [-0.2, -0.15) is 9.61 Å². The summed E-state index contributed by atoms with van der Waals surface area (Å²) in [6.45, 7) is 6.30. The van der Waals surface area contributed by atoms with E-state index in [2.05, 4.69) is 57.0 Å². The molecule has 0 saturated carbocycles. The van der Waals surface area contributed by atoms with E-state index in [-0.39, 0.29) is 5.41 Å². The van der Waals surface area contributed by atoms with E-state index in [0.717, 1.165) is 25.8 Å². The Morgan fingerprint density at radius 3 is 2.68 bits per heavy atom. The molecule has 3 heterocycles. The molecule has 0 radical (unpaired) electrons. The SMILES string of the molecule is CC(C)(C)c1nnc2sc(-c3cncc(Br)c3)nn12. The highest BCUT2D eigenvalue weighted by molar-refractivity contribution is 9.10. The van der Waals surface area contributed by atoms with Crippen LogP contribution in [0.1, 0.15) is 26.6 Å². The lowest BCUT2D eigenvalue weighted by Gasteiger charge is -2.13. The lowest BCUT2D eigenvalue weighted by molar-refractivity contribution is 0.528. The van der Waals surface area contributed by atoms with Crippen LogP contribution in [-0.2, 0) is 5.41 Å². The maximum atomic E-state index is 4.60. The van der Waals surface area contributed by atoms with Gasteiger partial charge in [-0.25, -0.2) is 0 Å². The maximum absolute atomic E-state index is 4.60. The Morgan fingerprint density at radius 1 is 1.21 bits per heavy atom. The zero-order valence-corrected chi connectivity index (χ0v) is 13.2. The molecule has 0 aliphatic carbocycles. The minimum Gasteiger partial charge on any atom is -0.263 e. The molecule has 0 aliphatic heterocycles. The molecule has 0 fully saturated rings. The minimum absolute atomic E-state index is 0.0831. The fourth-order valence-electron chi connectivity index (χ4n) is 1.73. The molecule has 0 bridgehead atoms. The molecule has 0 saturated heterocycles. The van der Waals surface area contributed by atoms with E-state index in [1.54, 1.807) is 12.4 Å². The second kappa shape index (κ2) is 4.35. The van der Waals surface area contributed by atoms with Crippen molar-refractivity contribution < 1.29 is 0 Å². The lowest BCUT2D eigenvalue weighted by atomic mass is 9.96. The van der Waals surface area contributed by atoms with Crippen molar-refractivity contribution in [2.45, 2.75) is 26.2 Å². The van der Waals surface area contributed by atoms with Crippen LogP contribution in [0.4, 0.5) is 0 Å². The van der Waals surface area contributed by atoms with Gasteiger partial charge in [-0.3, -0.25) is 4.98 Å². The minimum atomic E-state index is -0.0831. The van der Waals surface area contributed by atoms with Gasteiger partial charge in [-0.1, -0.05) is 32.1 Å². The second-order valence-electron chi connectivity index (χ2n) is 5.27. The zero-order valence-electron chi connectivity index (χ0n) is 10.8. The predicted octanol–water partition coefficient (Wildman–Crippen LogP) is 3.31. The van der Waals surface area contributed by atoms with E-state index in [1.165, 1.54) is 11.3 Å². The van der Waals surface area contributed by atoms with Crippen molar-refractivity contribution in [3.05, 3.63) is 28.8 Å². The molecular weight excluding hydrogens is 326 g/mol. The normalized spacial score (nSPS) is 12.2. The summed E-state index contributed by atoms with van der Waals surface area (Å²) in [5.41, 5.74) is 0.894. The van der Waals surface area contributed by atoms with Crippen LogP contribution in [-0.4, -0.2) is 24.8 Å². The number of nitrogens with zero attached hydrogens (tertiary/aromatic N) is 5. The van der Waals surface area contributed by atoms with Crippen molar-refractivity contribution in [2.24, 2.45) is 0 Å². The highest BCUT2D eigenvalue weighted by Crippen LogP contribution is 2.29. The number of halogens is 1. The monoisotopic (exact) mass is 337 g/mol. The Kier molecular flexibility index (Phi) is 2.90. The smallest absolute Gasteiger partial charge is 0.235 e. The highest BCUT2D eigenvalue weighted by Gasteiger charge is 2.23. The number of hydrogen-bond donors (Lipinski definition) is 0. The zero-order chi connectivity index (χ0) is 13.6. The van der Waals surface area contributed by atoms with Gasteiger partial charge in [0, 0.05) is 27.8 Å². The summed E-state index contributed by atoms with van der Waals surface area (Å²) < 4.78 is 2.76. The van der Waals surface area contributed by atoms with E-state index in [0.29, 0.717) is 0 Å². The van der Waals surface area contributed by atoms with Crippen LogP contribution in [0.2, 0.25) is 0 Å². The first-order valence-corrected chi connectivity index (χ1v) is 7.40. The van der Waals surface area contributed by atoms with Crippen molar-refractivity contribution in [2.75, 3.05) is 0 Å². The lowest BCUT2D eigenvalue weighted by Crippen LogP contribution is -2.16. The Labute approximate surface area is 122 Å². The summed E-state index contributed by atoms with van der Waals surface area (Å²) in [6, 6.07) is 2.00. The Bertz CT molecular complexity index is 740. The molecule has 5 nitrogen and oxygen atoms in total. The first-order chi connectivity index (χ1) is 8.95. The van der Waals surface area contributed by atoms with E-state index < -0.39 is 0 Å². The van der Waals surface area contributed by atoms with Crippen molar-refractivity contribution in [3.63, 3.8) is 0 Å². The third kappa shape index (κ3) is 2.28. The Hall–Kier alpha value is -1.34. The molecule has 3 rings (SSSR count). The topological polar surface area (TPSA) is 56.0 Å². The molecule has 0 N–H and O–H groups in total. The van der Waals surface area contributed by atoms with E-state index in [1.807, 2.05) is 10.6 Å². The number of hydrogen-bond acceptors (Lipinski definition) is 5. The Morgan fingerprint density at radius 2 is 2.00 bits per heavy atom. The average Bonchev–Trinajstić information content (AvgIpc) is 2.85. The molecular formula is C12H12BrN5S. The third-order valence-electron chi connectivity index (χ3n) is 2.61. The summed E-state index contributed by atoms with van der Waals surface area (Å²) in [4.78, 5) is 4.97. The van der Waals surface area contributed by atoms with Crippen molar-refractivity contribution in [1.29, 1.82) is 0 Å². The van der Waals surface area contributed by atoms with Gasteiger partial charge >= 0.3 is 0 Å². The van der Waals surface area contributed by atoms with Crippen LogP contribution in [0.3, 0.4) is 0 Å². The standard InChI is InChI=1S/C12H12BrN5S/c1-12(2,3)10-15-16-11-18(10)17-9(19-11)7-4-8(13)6-14-5-7/h4-6H,1-3H3. The largest absolute Gasteiger partial charge is 0.263 e. The van der Waals surface area contributed by atoms with Crippen molar-refractivity contribution >= 4 is 32.2 Å². The van der Waals surface area contributed by atoms with E-state index in [9.17, 15) is 0 Å². The first kappa shape index (κ1) is 12.7. The van der Waals surface area contributed by atoms with Gasteiger partial charge in [0.15, 0.2) is 5.82 Å². The summed E-state index contributed by atoms with van der Waals surface area (Å²) in [5.74, 6) is 0.868. The molecule has 0 aliphatic rings. The summed E-state index contributed by atoms with van der Waals surface area (Å²) in [7, 11) is 0. The van der Waals surface area contributed by atoms with Crippen molar-refractivity contribution in [1.82, 2.24) is 24.8 Å². The molecule has 0 amide bonds. The van der Waals surface area contributed by atoms with Crippen LogP contribution >= 0.6 is 27.3 Å². The van der Waals surface area contributed by atoms with E-state index >= 15 is 0 Å². The maximum Gasteiger partial charge on any atom is 0.235 e. The van der Waals surface area contributed by atoms with E-state index in [4.69, 9.17) is 0 Å². The third-order valence-corrected chi connectivity index (χ3v) is 4.00. The van der Waals surface area contributed by atoms with Crippen LogP contribution in [0.15, 0.2) is 22.9 Å². The Balaban J connectivity index is 2.15. The number of aromatic nitrogens is 5. The summed E-state index contributed by atoms with van der Waals surface area (Å²) in [6.07, 6.45) is 3.55. The number of fused-ring (bicyclic) bond motifs is 1. The summed E-state index contributed by atoms with van der Waals surface area (Å²) in [5, 5.41) is 13.9. The predicted molar refractivity (Wildman–Crippen MR) is 78.3 cm³/mol. The van der Waals surface area contributed by atoms with Crippen molar-refractivity contribution in [3.8, 4) is 10.6 Å². The van der Waals surface area contributed by atoms with Gasteiger partial charge in [0.25, 0.3) is 0 Å². The first-order valence-electron chi connectivity index (χ1n) is 5.79. The highest BCUT2D eigenvalue weighted by atomic mass is 79.9. The van der Waals surface area contributed by atoms with Crippen LogP contribution in [0.25, 0.3) is 15.5 Å². The van der Waals surface area contributed by atoms with Gasteiger partial charge < -0.3 is 0 Å². The molecule has 3 aromatic heterocycles. The summed E-state index contributed by atoms with van der Waals surface area (Å²) >= 11 is 4.93. The molecule has 0 atom stereocenters. The van der Waals surface area contributed by atoms with Crippen LogP contribution < -0.4 is 0 Å². The van der Waals surface area contributed by atoms with Gasteiger partial charge in [0.1, 0.15) is 5.01 Å². The van der Waals surface area contributed by atoms with Gasteiger partial charge in [-0.05, 0) is 22.0 Å². The average molecular weight is 338 g/mol. The molecule has 7 heteroatoms. The fraction of sp³-hybridized carbons (Fsp3) is 0.333.